The predicted molar refractivity (Wildman–Crippen MR) is 49.2 cm³/mol. The summed E-state index contributed by atoms with van der Waals surface area (Å²) in [7, 11) is 0. The molecule has 0 saturated carbocycles. The Morgan fingerprint density at radius 2 is 2.33 bits per heavy atom. The van der Waals surface area contributed by atoms with Crippen LogP contribution in [0.15, 0.2) is 22.9 Å². The molecule has 1 radical (unpaired) electrons. The smallest absolute Gasteiger partial charge is 0.229 e. The molecule has 12 heavy (non-hydrogen) atoms. The molecule has 0 aliphatic rings. The van der Waals surface area contributed by atoms with Crippen LogP contribution in [0.4, 0.5) is 0 Å². The zero-order chi connectivity index (χ0) is 9.14. The Morgan fingerprint density at radius 3 is 2.83 bits per heavy atom. The van der Waals surface area contributed by atoms with Crippen molar-refractivity contribution in [1.82, 2.24) is 4.98 Å². The van der Waals surface area contributed by atoms with Gasteiger partial charge >= 0.3 is 0 Å². The van der Waals surface area contributed by atoms with Crippen LogP contribution in [0, 0.1) is 5.92 Å². The Labute approximate surface area is 79.1 Å². The first-order chi connectivity index (χ1) is 5.61. The molecule has 0 fully saturated rings. The molecule has 1 aromatic rings. The number of aromatic nitrogens is 1. The normalized spacial score (nSPS) is 10.2. The van der Waals surface area contributed by atoms with Crippen LogP contribution in [0.3, 0.4) is 0 Å². The van der Waals surface area contributed by atoms with Gasteiger partial charge in [0.05, 0.1) is 5.92 Å². The van der Waals surface area contributed by atoms with E-state index >= 15 is 0 Å². The van der Waals surface area contributed by atoms with E-state index in [1.165, 1.54) is 0 Å². The maximum atomic E-state index is 10.8. The fourth-order valence-electron chi connectivity index (χ4n) is 0.778. The number of hydrogen-bond acceptors (Lipinski definition) is 2. The van der Waals surface area contributed by atoms with Gasteiger partial charge < -0.3 is 5.73 Å². The van der Waals surface area contributed by atoms with E-state index in [0.29, 0.717) is 10.5 Å². The minimum Gasteiger partial charge on any atom is -0.369 e. The van der Waals surface area contributed by atoms with Gasteiger partial charge in [-0.05, 0) is 40.5 Å². The SMILES string of the molecule is C[C](C(N)=O)c1ccnc(Br)c1. The molecule has 3 nitrogen and oxygen atoms in total. The lowest BCUT2D eigenvalue weighted by Gasteiger charge is -2.05. The number of hydrogen-bond donors (Lipinski definition) is 1. The molecular formula is C8H8BrN2O. The quantitative estimate of drug-likeness (QED) is 0.775. The van der Waals surface area contributed by atoms with Crippen LogP contribution < -0.4 is 5.73 Å². The first-order valence-corrected chi connectivity index (χ1v) is 4.16. The highest BCUT2D eigenvalue weighted by molar-refractivity contribution is 9.10. The van der Waals surface area contributed by atoms with Crippen LogP contribution in [0.1, 0.15) is 12.5 Å². The fraction of sp³-hybridized carbons (Fsp3) is 0.125. The largest absolute Gasteiger partial charge is 0.369 e. The van der Waals surface area contributed by atoms with E-state index in [1.807, 2.05) is 0 Å². The Hall–Kier alpha value is -0.900. The number of pyridine rings is 1. The van der Waals surface area contributed by atoms with Crippen molar-refractivity contribution in [3.8, 4) is 0 Å². The minimum atomic E-state index is -0.409. The van der Waals surface area contributed by atoms with Gasteiger partial charge in [-0.2, -0.15) is 0 Å². The molecule has 2 N–H and O–H groups in total. The molecule has 63 valence electrons. The molecule has 0 saturated heterocycles. The molecule has 1 heterocycles. The van der Waals surface area contributed by atoms with Crippen LogP contribution in [-0.4, -0.2) is 10.9 Å². The van der Waals surface area contributed by atoms with E-state index in [-0.39, 0.29) is 0 Å². The van der Waals surface area contributed by atoms with E-state index < -0.39 is 5.91 Å². The van der Waals surface area contributed by atoms with Gasteiger partial charge in [-0.25, -0.2) is 4.98 Å². The van der Waals surface area contributed by atoms with Crippen molar-refractivity contribution in [3.63, 3.8) is 0 Å². The van der Waals surface area contributed by atoms with Crippen LogP contribution in [0.2, 0.25) is 0 Å². The molecule has 1 aromatic heterocycles. The summed E-state index contributed by atoms with van der Waals surface area (Å²) in [5.41, 5.74) is 5.90. The average molecular weight is 228 g/mol. The van der Waals surface area contributed by atoms with Crippen molar-refractivity contribution >= 4 is 21.8 Å². The van der Waals surface area contributed by atoms with Crippen LogP contribution in [0.25, 0.3) is 0 Å². The van der Waals surface area contributed by atoms with E-state index in [9.17, 15) is 4.79 Å². The summed E-state index contributed by atoms with van der Waals surface area (Å²) < 4.78 is 0.695. The van der Waals surface area contributed by atoms with Crippen molar-refractivity contribution in [2.24, 2.45) is 5.73 Å². The Kier molecular flexibility index (Phi) is 2.81. The van der Waals surface area contributed by atoms with Crippen LogP contribution in [-0.2, 0) is 4.79 Å². The number of halogens is 1. The number of nitrogens with zero attached hydrogens (tertiary/aromatic N) is 1. The van der Waals surface area contributed by atoms with Gasteiger partial charge in [0.25, 0.3) is 0 Å². The summed E-state index contributed by atoms with van der Waals surface area (Å²) in [6.07, 6.45) is 1.62. The third kappa shape index (κ3) is 2.04. The standard InChI is InChI=1S/C8H8BrN2O/c1-5(8(10)12)6-2-3-11-7(9)4-6/h2-4H,1H3,(H2,10,12). The van der Waals surface area contributed by atoms with Gasteiger partial charge in [-0.15, -0.1) is 0 Å². The fourth-order valence-corrected chi connectivity index (χ4v) is 1.14. The molecule has 0 spiro atoms. The van der Waals surface area contributed by atoms with Gasteiger partial charge in [0.1, 0.15) is 4.60 Å². The maximum absolute atomic E-state index is 10.8. The van der Waals surface area contributed by atoms with E-state index in [4.69, 9.17) is 5.73 Å². The molecular weight excluding hydrogens is 220 g/mol. The average Bonchev–Trinajstić information content (AvgIpc) is 2.03. The second-order valence-corrected chi connectivity index (χ2v) is 3.17. The van der Waals surface area contributed by atoms with Gasteiger partial charge in [0, 0.05) is 6.20 Å². The van der Waals surface area contributed by atoms with Crippen molar-refractivity contribution in [1.29, 1.82) is 0 Å². The van der Waals surface area contributed by atoms with Gasteiger partial charge in [-0.3, -0.25) is 4.79 Å². The Balaban J connectivity index is 2.95. The molecule has 0 aromatic carbocycles. The molecule has 0 bridgehead atoms. The summed E-state index contributed by atoms with van der Waals surface area (Å²) >= 11 is 3.20. The lowest BCUT2D eigenvalue weighted by molar-refractivity contribution is -0.115. The lowest BCUT2D eigenvalue weighted by Crippen LogP contribution is -2.19. The predicted octanol–water partition coefficient (Wildman–Crippen LogP) is 1.27. The zero-order valence-corrected chi connectivity index (χ0v) is 8.13. The summed E-state index contributed by atoms with van der Waals surface area (Å²) in [6.45, 7) is 1.68. The maximum Gasteiger partial charge on any atom is 0.229 e. The number of amides is 1. The topological polar surface area (TPSA) is 56.0 Å². The number of primary amides is 1. The second-order valence-electron chi connectivity index (χ2n) is 2.36. The van der Waals surface area contributed by atoms with Crippen LogP contribution >= 0.6 is 15.9 Å². The summed E-state index contributed by atoms with van der Waals surface area (Å²) in [4.78, 5) is 14.7. The third-order valence-electron chi connectivity index (χ3n) is 1.53. The van der Waals surface area contributed by atoms with E-state index in [2.05, 4.69) is 20.9 Å². The molecule has 0 aliphatic carbocycles. The summed E-state index contributed by atoms with van der Waals surface area (Å²) in [6, 6.07) is 3.49. The van der Waals surface area contributed by atoms with Crippen molar-refractivity contribution < 1.29 is 4.79 Å². The van der Waals surface area contributed by atoms with E-state index in [0.717, 1.165) is 5.56 Å². The third-order valence-corrected chi connectivity index (χ3v) is 1.96. The van der Waals surface area contributed by atoms with Gasteiger partial charge in [0.2, 0.25) is 5.91 Å². The van der Waals surface area contributed by atoms with Gasteiger partial charge in [0.15, 0.2) is 0 Å². The lowest BCUT2D eigenvalue weighted by atomic mass is 10.0. The molecule has 0 unspecified atom stereocenters. The number of carbonyl (C=O) groups excluding carboxylic acids is 1. The first kappa shape index (κ1) is 9.19. The second kappa shape index (κ2) is 3.67. The van der Waals surface area contributed by atoms with E-state index in [1.54, 1.807) is 25.3 Å². The van der Waals surface area contributed by atoms with Crippen LogP contribution in [0.5, 0.6) is 0 Å². The molecule has 1 rings (SSSR count). The highest BCUT2D eigenvalue weighted by Gasteiger charge is 2.12. The highest BCUT2D eigenvalue weighted by atomic mass is 79.9. The molecule has 0 atom stereocenters. The number of nitrogens with two attached hydrogens (primary N) is 1. The van der Waals surface area contributed by atoms with Crippen molar-refractivity contribution in [3.05, 3.63) is 34.4 Å². The highest BCUT2D eigenvalue weighted by Crippen LogP contribution is 2.16. The molecule has 4 heteroatoms. The molecule has 0 aliphatic heterocycles. The van der Waals surface area contributed by atoms with Gasteiger partial charge in [-0.1, -0.05) is 0 Å². The minimum absolute atomic E-state index is 0.409. The summed E-state index contributed by atoms with van der Waals surface area (Å²) in [5, 5.41) is 0. The first-order valence-electron chi connectivity index (χ1n) is 3.36. The Bertz CT molecular complexity index is 301. The monoisotopic (exact) mass is 227 g/mol. The number of carbonyl (C=O) groups is 1. The number of rotatable bonds is 2. The zero-order valence-electron chi connectivity index (χ0n) is 6.54. The molecule has 1 amide bonds. The Morgan fingerprint density at radius 1 is 1.67 bits per heavy atom. The summed E-state index contributed by atoms with van der Waals surface area (Å²) in [5.74, 6) is 0.131. The van der Waals surface area contributed by atoms with Crippen molar-refractivity contribution in [2.75, 3.05) is 0 Å². The van der Waals surface area contributed by atoms with Crippen molar-refractivity contribution in [2.45, 2.75) is 6.92 Å².